The Hall–Kier alpha value is -2.39. The molecule has 4 aliphatic rings. The number of rotatable bonds is 6. The number of ether oxygens (including phenoxy) is 1. The Morgan fingerprint density at radius 3 is 2.58 bits per heavy atom. The van der Waals surface area contributed by atoms with Gasteiger partial charge in [-0.25, -0.2) is 4.98 Å². The van der Waals surface area contributed by atoms with Crippen molar-refractivity contribution in [3.63, 3.8) is 0 Å². The number of anilines is 1. The van der Waals surface area contributed by atoms with Gasteiger partial charge in [0.15, 0.2) is 0 Å². The van der Waals surface area contributed by atoms with Crippen molar-refractivity contribution in [1.29, 1.82) is 0 Å². The number of nitrogens with zero attached hydrogens (tertiary/aromatic N) is 3. The molecule has 2 atom stereocenters. The molecule has 0 spiro atoms. The van der Waals surface area contributed by atoms with Gasteiger partial charge in [-0.1, -0.05) is 42.3 Å². The fourth-order valence-electron chi connectivity index (χ4n) is 5.62. The molecule has 0 saturated carbocycles. The van der Waals surface area contributed by atoms with Crippen molar-refractivity contribution in [2.45, 2.75) is 43.9 Å². The van der Waals surface area contributed by atoms with Crippen LogP contribution in [0.5, 0.6) is 0 Å². The summed E-state index contributed by atoms with van der Waals surface area (Å²) >= 11 is 0. The van der Waals surface area contributed by atoms with E-state index >= 15 is 0 Å². The van der Waals surface area contributed by atoms with Crippen molar-refractivity contribution in [3.05, 3.63) is 59.3 Å². The molecule has 4 saturated heterocycles. The number of terminal acetylenes is 1. The van der Waals surface area contributed by atoms with Crippen molar-refractivity contribution >= 4 is 5.82 Å². The van der Waals surface area contributed by atoms with E-state index in [0.717, 1.165) is 62.7 Å². The Kier molecular flexibility index (Phi) is 5.47. The second-order valence-electron chi connectivity index (χ2n) is 9.01. The SMILES string of the molecule is C#CC1N2CCC(CC2)[C@@]1(O)c1ccc(N2CC(OCC)C2)nc1Cc1ccccc1. The smallest absolute Gasteiger partial charge is 0.129 e. The van der Waals surface area contributed by atoms with Crippen LogP contribution in [0.4, 0.5) is 5.82 Å². The molecule has 31 heavy (non-hydrogen) atoms. The Morgan fingerprint density at radius 1 is 1.16 bits per heavy atom. The molecule has 2 aromatic rings. The van der Waals surface area contributed by atoms with Gasteiger partial charge in [0.1, 0.15) is 17.5 Å². The van der Waals surface area contributed by atoms with Crippen LogP contribution in [0.3, 0.4) is 0 Å². The second-order valence-corrected chi connectivity index (χ2v) is 9.01. The van der Waals surface area contributed by atoms with Gasteiger partial charge >= 0.3 is 0 Å². The van der Waals surface area contributed by atoms with Crippen molar-refractivity contribution in [2.75, 3.05) is 37.7 Å². The minimum atomic E-state index is -1.05. The number of piperidine rings is 3. The highest BCUT2D eigenvalue weighted by molar-refractivity contribution is 5.48. The summed E-state index contributed by atoms with van der Waals surface area (Å²) in [5, 5.41) is 12.1. The number of aromatic nitrogens is 1. The maximum absolute atomic E-state index is 12.1. The lowest BCUT2D eigenvalue weighted by Gasteiger charge is -2.55. The molecule has 0 amide bonds. The van der Waals surface area contributed by atoms with E-state index in [2.05, 4.69) is 40.0 Å². The van der Waals surface area contributed by atoms with Crippen LogP contribution in [0, 0.1) is 18.3 Å². The van der Waals surface area contributed by atoms with Gasteiger partial charge in [-0.05, 0) is 50.4 Å². The molecule has 2 bridgehead atoms. The fourth-order valence-corrected chi connectivity index (χ4v) is 5.62. The van der Waals surface area contributed by atoms with E-state index < -0.39 is 5.60 Å². The summed E-state index contributed by atoms with van der Waals surface area (Å²) in [5.41, 5.74) is 1.97. The van der Waals surface area contributed by atoms with Crippen LogP contribution < -0.4 is 4.90 Å². The van der Waals surface area contributed by atoms with Gasteiger partial charge in [0.05, 0.1) is 11.8 Å². The molecule has 5 heterocycles. The van der Waals surface area contributed by atoms with Crippen molar-refractivity contribution in [3.8, 4) is 12.3 Å². The zero-order valence-corrected chi connectivity index (χ0v) is 18.2. The molecule has 162 valence electrons. The molecule has 0 aliphatic carbocycles. The van der Waals surface area contributed by atoms with Crippen LogP contribution >= 0.6 is 0 Å². The second kappa shape index (κ2) is 8.27. The molecule has 4 fully saturated rings. The van der Waals surface area contributed by atoms with Crippen LogP contribution in [0.25, 0.3) is 0 Å². The molecule has 1 unspecified atom stereocenters. The summed E-state index contributed by atoms with van der Waals surface area (Å²) in [6.45, 7) is 6.42. The molecular formula is C26H31N3O2. The van der Waals surface area contributed by atoms with Crippen LogP contribution in [0.1, 0.15) is 36.6 Å². The van der Waals surface area contributed by atoms with Gasteiger partial charge in [0.25, 0.3) is 0 Å². The maximum Gasteiger partial charge on any atom is 0.129 e. The van der Waals surface area contributed by atoms with Gasteiger partial charge < -0.3 is 14.7 Å². The largest absolute Gasteiger partial charge is 0.382 e. The highest BCUT2D eigenvalue weighted by Gasteiger charge is 2.54. The predicted octanol–water partition coefficient (Wildman–Crippen LogP) is 2.81. The Bertz CT molecular complexity index is 958. The first-order valence-corrected chi connectivity index (χ1v) is 11.5. The first-order valence-electron chi connectivity index (χ1n) is 11.5. The summed E-state index contributed by atoms with van der Waals surface area (Å²) in [6, 6.07) is 14.2. The number of hydrogen-bond acceptors (Lipinski definition) is 5. The monoisotopic (exact) mass is 417 g/mol. The highest BCUT2D eigenvalue weighted by atomic mass is 16.5. The van der Waals surface area contributed by atoms with Crippen molar-refractivity contribution < 1.29 is 9.84 Å². The third-order valence-electron chi connectivity index (χ3n) is 7.27. The summed E-state index contributed by atoms with van der Waals surface area (Å²) in [4.78, 5) is 9.59. The quantitative estimate of drug-likeness (QED) is 0.733. The first-order chi connectivity index (χ1) is 15.1. The fraction of sp³-hybridized carbons (Fsp3) is 0.500. The normalized spacial score (nSPS) is 30.1. The third-order valence-corrected chi connectivity index (χ3v) is 7.27. The van der Waals surface area contributed by atoms with Gasteiger partial charge in [0.2, 0.25) is 0 Å². The zero-order valence-electron chi connectivity index (χ0n) is 18.2. The van der Waals surface area contributed by atoms with E-state index in [9.17, 15) is 5.11 Å². The lowest BCUT2D eigenvalue weighted by atomic mass is 9.66. The van der Waals surface area contributed by atoms with Gasteiger partial charge in [-0.3, -0.25) is 4.90 Å². The Labute approximate surface area is 185 Å². The summed E-state index contributed by atoms with van der Waals surface area (Å²) < 4.78 is 5.72. The summed E-state index contributed by atoms with van der Waals surface area (Å²) in [6.07, 6.45) is 8.87. The van der Waals surface area contributed by atoms with Crippen LogP contribution in [0.2, 0.25) is 0 Å². The van der Waals surface area contributed by atoms with Gasteiger partial charge in [0, 0.05) is 31.7 Å². The van der Waals surface area contributed by atoms with Gasteiger partial charge in [-0.2, -0.15) is 0 Å². The number of benzene rings is 1. The number of pyridine rings is 1. The summed E-state index contributed by atoms with van der Waals surface area (Å²) in [5.74, 6) is 4.04. The third kappa shape index (κ3) is 3.53. The lowest BCUT2D eigenvalue weighted by Crippen LogP contribution is -2.63. The topological polar surface area (TPSA) is 48.8 Å². The molecule has 4 aliphatic heterocycles. The molecule has 1 N–H and O–H groups in total. The number of fused-ring (bicyclic) bond motifs is 3. The van der Waals surface area contributed by atoms with Crippen LogP contribution in [-0.4, -0.2) is 59.9 Å². The number of aliphatic hydroxyl groups is 1. The molecule has 0 radical (unpaired) electrons. The Morgan fingerprint density at radius 2 is 1.90 bits per heavy atom. The van der Waals surface area contributed by atoms with E-state index in [1.807, 2.05) is 25.1 Å². The first kappa shape index (κ1) is 20.5. The minimum Gasteiger partial charge on any atom is -0.382 e. The van der Waals surface area contributed by atoms with E-state index in [1.165, 1.54) is 5.56 Å². The molecular weight excluding hydrogens is 386 g/mol. The van der Waals surface area contributed by atoms with E-state index in [0.29, 0.717) is 6.42 Å². The maximum atomic E-state index is 12.1. The molecule has 1 aromatic carbocycles. The molecule has 6 rings (SSSR count). The van der Waals surface area contributed by atoms with Crippen molar-refractivity contribution in [1.82, 2.24) is 9.88 Å². The van der Waals surface area contributed by atoms with Crippen molar-refractivity contribution in [2.24, 2.45) is 5.92 Å². The van der Waals surface area contributed by atoms with E-state index in [4.69, 9.17) is 16.1 Å². The average molecular weight is 418 g/mol. The van der Waals surface area contributed by atoms with Gasteiger partial charge in [-0.15, -0.1) is 6.42 Å². The average Bonchev–Trinajstić information content (AvgIpc) is 2.77. The predicted molar refractivity (Wildman–Crippen MR) is 122 cm³/mol. The van der Waals surface area contributed by atoms with E-state index in [1.54, 1.807) is 0 Å². The van der Waals surface area contributed by atoms with E-state index in [-0.39, 0.29) is 18.1 Å². The highest BCUT2D eigenvalue weighted by Crippen LogP contribution is 2.48. The summed E-state index contributed by atoms with van der Waals surface area (Å²) in [7, 11) is 0. The van der Waals surface area contributed by atoms with Crippen LogP contribution in [0.15, 0.2) is 42.5 Å². The lowest BCUT2D eigenvalue weighted by molar-refractivity contribution is -0.143. The minimum absolute atomic E-state index is 0.173. The molecule has 5 nitrogen and oxygen atoms in total. The molecule has 5 heteroatoms. The standard InChI is InChI=1S/C26H31N3O2/c1-3-24-26(30,20-12-14-28(24)15-13-20)22-10-11-25(29-17-21(18-29)31-4-2)27-23(22)16-19-8-6-5-7-9-19/h1,5-11,20-21,24,30H,4,12-18H2,2H3/t24?,26-/m1/s1. The Balaban J connectivity index is 1.53. The zero-order chi connectivity index (χ0) is 21.4. The van der Waals surface area contributed by atoms with Crippen LogP contribution in [-0.2, 0) is 16.8 Å². The number of hydrogen-bond donors (Lipinski definition) is 1. The molecule has 1 aromatic heterocycles.